The van der Waals surface area contributed by atoms with Crippen molar-refractivity contribution in [2.75, 3.05) is 4.31 Å². The number of carbonyl (C=O) groups is 1. The van der Waals surface area contributed by atoms with E-state index in [2.05, 4.69) is 0 Å². The number of hydrogen-bond acceptors (Lipinski definition) is 2. The zero-order valence-electron chi connectivity index (χ0n) is 9.84. The van der Waals surface area contributed by atoms with Gasteiger partial charge >= 0.3 is 0 Å². The van der Waals surface area contributed by atoms with E-state index in [9.17, 15) is 4.79 Å². The average Bonchev–Trinajstić information content (AvgIpc) is 2.39. The van der Waals surface area contributed by atoms with Crippen LogP contribution in [0.25, 0.3) is 0 Å². The summed E-state index contributed by atoms with van der Waals surface area (Å²) in [6, 6.07) is 15.1. The molecule has 0 saturated carbocycles. The lowest BCUT2D eigenvalue weighted by Crippen LogP contribution is -2.11. The molecule has 92 valence electrons. The maximum Gasteiger partial charge on any atom is 0.224 e. The molecule has 0 aliphatic carbocycles. The van der Waals surface area contributed by atoms with Crippen LogP contribution < -0.4 is 4.31 Å². The number of amides is 1. The van der Waals surface area contributed by atoms with Crippen molar-refractivity contribution in [1.82, 2.24) is 0 Å². The highest BCUT2D eigenvalue weighted by Gasteiger charge is 2.08. The topological polar surface area (TPSA) is 20.3 Å². The molecule has 0 aliphatic heterocycles. The van der Waals surface area contributed by atoms with Crippen LogP contribution >= 0.6 is 23.5 Å². The molecular weight excluding hydrogens is 266 g/mol. The third-order valence-electron chi connectivity index (χ3n) is 2.47. The van der Waals surface area contributed by atoms with Gasteiger partial charge in [0.15, 0.2) is 0 Å². The molecule has 0 N–H and O–H groups in total. The van der Waals surface area contributed by atoms with E-state index < -0.39 is 0 Å². The molecule has 0 bridgehead atoms. The Kier molecular flexibility index (Phi) is 4.28. The summed E-state index contributed by atoms with van der Waals surface area (Å²) in [4.78, 5) is 12.2. The van der Waals surface area contributed by atoms with Crippen LogP contribution in [0.3, 0.4) is 0 Å². The Morgan fingerprint density at radius 1 is 1.11 bits per heavy atom. The molecule has 0 atom stereocenters. The van der Waals surface area contributed by atoms with Crippen molar-refractivity contribution < 1.29 is 4.79 Å². The first-order valence-electron chi connectivity index (χ1n) is 5.44. The highest BCUT2D eigenvalue weighted by molar-refractivity contribution is 8.01. The molecule has 0 heterocycles. The van der Waals surface area contributed by atoms with Crippen molar-refractivity contribution in [3.8, 4) is 0 Å². The Hall–Kier alpha value is -1.45. The standard InChI is InChI=1S/C14H12ClNOS/c1-11-4-2-3-5-14(11)18-16(10-17)13-8-6-12(15)7-9-13/h2-10H,1H3. The molecule has 0 saturated heterocycles. The molecule has 4 heteroatoms. The van der Waals surface area contributed by atoms with Gasteiger partial charge in [-0.3, -0.25) is 9.10 Å². The Labute approximate surface area is 116 Å². The smallest absolute Gasteiger partial charge is 0.224 e. The zero-order valence-corrected chi connectivity index (χ0v) is 11.4. The number of carbonyl (C=O) groups excluding carboxylic acids is 1. The highest BCUT2D eigenvalue weighted by atomic mass is 35.5. The number of nitrogens with zero attached hydrogens (tertiary/aromatic N) is 1. The average molecular weight is 278 g/mol. The van der Waals surface area contributed by atoms with Gasteiger partial charge in [-0.1, -0.05) is 29.8 Å². The zero-order chi connectivity index (χ0) is 13.0. The molecule has 0 fully saturated rings. The minimum Gasteiger partial charge on any atom is -0.277 e. The number of halogens is 1. The maximum atomic E-state index is 11.2. The van der Waals surface area contributed by atoms with Crippen LogP contribution in [-0.4, -0.2) is 6.41 Å². The first-order chi connectivity index (χ1) is 8.70. The first kappa shape index (κ1) is 13.0. The molecule has 18 heavy (non-hydrogen) atoms. The fraction of sp³-hybridized carbons (Fsp3) is 0.0714. The number of anilines is 1. The van der Waals surface area contributed by atoms with Gasteiger partial charge in [0, 0.05) is 9.92 Å². The van der Waals surface area contributed by atoms with Crippen molar-refractivity contribution in [3.05, 3.63) is 59.1 Å². The second-order valence-corrected chi connectivity index (χ2v) is 5.22. The largest absolute Gasteiger partial charge is 0.277 e. The predicted octanol–water partition coefficient (Wildman–Crippen LogP) is 4.32. The normalized spacial score (nSPS) is 10.1. The highest BCUT2D eigenvalue weighted by Crippen LogP contribution is 2.30. The Morgan fingerprint density at radius 2 is 1.78 bits per heavy atom. The second-order valence-electron chi connectivity index (χ2n) is 3.76. The van der Waals surface area contributed by atoms with Gasteiger partial charge in [-0.05, 0) is 54.8 Å². The molecule has 0 aliphatic rings. The van der Waals surface area contributed by atoms with Crippen molar-refractivity contribution in [2.45, 2.75) is 11.8 Å². The molecule has 2 nitrogen and oxygen atoms in total. The Balaban J connectivity index is 2.22. The SMILES string of the molecule is Cc1ccccc1SN(C=O)c1ccc(Cl)cc1. The van der Waals surface area contributed by atoms with Crippen LogP contribution in [0.15, 0.2) is 53.4 Å². The summed E-state index contributed by atoms with van der Waals surface area (Å²) in [5.74, 6) is 0. The number of hydrogen-bond donors (Lipinski definition) is 0. The van der Waals surface area contributed by atoms with E-state index >= 15 is 0 Å². The van der Waals surface area contributed by atoms with Gasteiger partial charge in [0.1, 0.15) is 0 Å². The van der Waals surface area contributed by atoms with Gasteiger partial charge in [-0.2, -0.15) is 0 Å². The predicted molar refractivity (Wildman–Crippen MR) is 77.0 cm³/mol. The Morgan fingerprint density at radius 3 is 2.39 bits per heavy atom. The number of rotatable bonds is 4. The molecule has 0 radical (unpaired) electrons. The van der Waals surface area contributed by atoms with Crippen molar-refractivity contribution >= 4 is 35.6 Å². The molecule has 1 amide bonds. The van der Waals surface area contributed by atoms with Crippen LogP contribution in [0.5, 0.6) is 0 Å². The van der Waals surface area contributed by atoms with E-state index in [0.29, 0.717) is 5.02 Å². The van der Waals surface area contributed by atoms with E-state index in [4.69, 9.17) is 11.6 Å². The summed E-state index contributed by atoms with van der Waals surface area (Å²) in [7, 11) is 0. The monoisotopic (exact) mass is 277 g/mol. The van der Waals surface area contributed by atoms with E-state index in [0.717, 1.165) is 22.6 Å². The maximum absolute atomic E-state index is 11.2. The molecule has 2 rings (SSSR count). The molecule has 0 spiro atoms. The summed E-state index contributed by atoms with van der Waals surface area (Å²) in [6.45, 7) is 2.02. The summed E-state index contributed by atoms with van der Waals surface area (Å²) in [5.41, 5.74) is 1.95. The van der Waals surface area contributed by atoms with E-state index in [1.165, 1.54) is 11.9 Å². The summed E-state index contributed by atoms with van der Waals surface area (Å²) < 4.78 is 1.58. The number of aryl methyl sites for hydroxylation is 1. The van der Waals surface area contributed by atoms with Crippen LogP contribution in [0.1, 0.15) is 5.56 Å². The van der Waals surface area contributed by atoms with Crippen LogP contribution in [-0.2, 0) is 4.79 Å². The van der Waals surface area contributed by atoms with E-state index in [1.807, 2.05) is 43.3 Å². The molecule has 0 unspecified atom stereocenters. The fourth-order valence-electron chi connectivity index (χ4n) is 1.49. The molecular formula is C14H12ClNOS. The summed E-state index contributed by atoms with van der Waals surface area (Å²) in [5, 5.41) is 0.658. The minimum atomic E-state index is 0.658. The Bertz CT molecular complexity index is 542. The van der Waals surface area contributed by atoms with Gasteiger partial charge < -0.3 is 0 Å². The van der Waals surface area contributed by atoms with Crippen LogP contribution in [0.2, 0.25) is 5.02 Å². The van der Waals surface area contributed by atoms with Crippen LogP contribution in [0.4, 0.5) is 5.69 Å². The lowest BCUT2D eigenvalue weighted by Gasteiger charge is -2.17. The molecule has 2 aromatic rings. The van der Waals surface area contributed by atoms with Gasteiger partial charge in [0.25, 0.3) is 0 Å². The van der Waals surface area contributed by atoms with Crippen molar-refractivity contribution in [2.24, 2.45) is 0 Å². The van der Waals surface area contributed by atoms with Gasteiger partial charge in [0.05, 0.1) is 5.69 Å². The van der Waals surface area contributed by atoms with Gasteiger partial charge in [0.2, 0.25) is 6.41 Å². The minimum absolute atomic E-state index is 0.658. The van der Waals surface area contributed by atoms with Crippen molar-refractivity contribution in [3.63, 3.8) is 0 Å². The molecule has 0 aromatic heterocycles. The van der Waals surface area contributed by atoms with Gasteiger partial charge in [-0.15, -0.1) is 0 Å². The third-order valence-corrected chi connectivity index (χ3v) is 3.87. The third kappa shape index (κ3) is 3.06. The lowest BCUT2D eigenvalue weighted by atomic mass is 10.2. The molecule has 2 aromatic carbocycles. The van der Waals surface area contributed by atoms with E-state index in [1.54, 1.807) is 16.4 Å². The second kappa shape index (κ2) is 5.94. The summed E-state index contributed by atoms with van der Waals surface area (Å²) >= 11 is 7.23. The fourth-order valence-corrected chi connectivity index (χ4v) is 2.45. The first-order valence-corrected chi connectivity index (χ1v) is 6.59. The van der Waals surface area contributed by atoms with Crippen LogP contribution in [0, 0.1) is 6.92 Å². The number of benzene rings is 2. The lowest BCUT2D eigenvalue weighted by molar-refractivity contribution is -0.106. The van der Waals surface area contributed by atoms with Gasteiger partial charge in [-0.25, -0.2) is 0 Å². The van der Waals surface area contributed by atoms with Crippen molar-refractivity contribution in [1.29, 1.82) is 0 Å². The van der Waals surface area contributed by atoms with E-state index in [-0.39, 0.29) is 0 Å². The quantitative estimate of drug-likeness (QED) is 0.613. The summed E-state index contributed by atoms with van der Waals surface area (Å²) in [6.07, 6.45) is 0.806.